The lowest BCUT2D eigenvalue weighted by atomic mass is 10.1. The average molecular weight is 251 g/mol. The first-order valence-electron chi connectivity index (χ1n) is 6.40. The summed E-state index contributed by atoms with van der Waals surface area (Å²) in [6.45, 7) is 4.06. The first-order valence-corrected chi connectivity index (χ1v) is 6.40. The van der Waals surface area contributed by atoms with E-state index < -0.39 is 6.10 Å². The van der Waals surface area contributed by atoms with Crippen LogP contribution in [0.2, 0.25) is 0 Å². The molecule has 1 fully saturated rings. The normalized spacial score (nSPS) is 27.1. The molecule has 1 aliphatic rings. The minimum atomic E-state index is -0.490. The third-order valence-corrected chi connectivity index (χ3v) is 3.22. The van der Waals surface area contributed by atoms with E-state index in [9.17, 15) is 5.11 Å². The van der Waals surface area contributed by atoms with Gasteiger partial charge in [0, 0.05) is 19.6 Å². The third kappa shape index (κ3) is 3.53. The first-order chi connectivity index (χ1) is 8.69. The Balaban J connectivity index is 1.92. The standard InChI is InChI=1S/C14H21NO3/c1-11-7-15(8-13(10-16)18-11)9-14(17)12-5-3-2-4-6-12/h2-6,11,13-14,16-17H,7-10H2,1H3/t11-,13+,14-/m1/s1. The Morgan fingerprint density at radius 2 is 2.06 bits per heavy atom. The Kier molecular flexibility index (Phi) is 4.72. The van der Waals surface area contributed by atoms with E-state index in [1.807, 2.05) is 37.3 Å². The Bertz CT molecular complexity index is 357. The average Bonchev–Trinajstić information content (AvgIpc) is 2.39. The van der Waals surface area contributed by atoms with Crippen molar-refractivity contribution in [3.05, 3.63) is 35.9 Å². The molecule has 1 heterocycles. The molecule has 18 heavy (non-hydrogen) atoms. The topological polar surface area (TPSA) is 52.9 Å². The molecule has 2 rings (SSSR count). The van der Waals surface area contributed by atoms with Gasteiger partial charge in [-0.1, -0.05) is 30.3 Å². The minimum absolute atomic E-state index is 0.0300. The third-order valence-electron chi connectivity index (χ3n) is 3.22. The maximum atomic E-state index is 10.2. The maximum absolute atomic E-state index is 10.2. The van der Waals surface area contributed by atoms with Gasteiger partial charge in [0.2, 0.25) is 0 Å². The van der Waals surface area contributed by atoms with Crippen LogP contribution in [0.5, 0.6) is 0 Å². The summed E-state index contributed by atoms with van der Waals surface area (Å²) in [4.78, 5) is 2.15. The number of morpholine rings is 1. The SMILES string of the molecule is C[C@@H]1CN(C[C@@H](O)c2ccccc2)C[C@@H](CO)O1. The fourth-order valence-electron chi connectivity index (χ4n) is 2.42. The van der Waals surface area contributed by atoms with Crippen LogP contribution in [0.1, 0.15) is 18.6 Å². The van der Waals surface area contributed by atoms with Crippen molar-refractivity contribution in [3.63, 3.8) is 0 Å². The molecule has 0 radical (unpaired) electrons. The summed E-state index contributed by atoms with van der Waals surface area (Å²) in [6, 6.07) is 9.65. The number of rotatable bonds is 4. The molecule has 1 aliphatic heterocycles. The van der Waals surface area contributed by atoms with E-state index in [0.717, 1.165) is 12.1 Å². The monoisotopic (exact) mass is 251 g/mol. The predicted molar refractivity (Wildman–Crippen MR) is 69.3 cm³/mol. The molecule has 0 aliphatic carbocycles. The maximum Gasteiger partial charge on any atom is 0.0936 e. The number of aliphatic hydroxyl groups is 2. The van der Waals surface area contributed by atoms with Gasteiger partial charge in [-0.3, -0.25) is 4.90 Å². The quantitative estimate of drug-likeness (QED) is 0.831. The zero-order valence-corrected chi connectivity index (χ0v) is 10.7. The Morgan fingerprint density at radius 3 is 2.72 bits per heavy atom. The van der Waals surface area contributed by atoms with Gasteiger partial charge in [0.1, 0.15) is 0 Å². The number of β-amino-alcohol motifs (C(OH)–C–C–N with tert-alkyl or cyclic N) is 1. The van der Waals surface area contributed by atoms with E-state index in [0.29, 0.717) is 13.1 Å². The first kappa shape index (κ1) is 13.5. The summed E-state index contributed by atoms with van der Waals surface area (Å²) in [7, 11) is 0. The molecule has 0 spiro atoms. The molecule has 1 aromatic rings. The highest BCUT2D eigenvalue weighted by Gasteiger charge is 2.26. The second kappa shape index (κ2) is 6.29. The van der Waals surface area contributed by atoms with Crippen molar-refractivity contribution in [1.82, 2.24) is 4.90 Å². The van der Waals surface area contributed by atoms with Crippen molar-refractivity contribution >= 4 is 0 Å². The van der Waals surface area contributed by atoms with Crippen LogP contribution in [0.4, 0.5) is 0 Å². The number of benzene rings is 1. The predicted octanol–water partition coefficient (Wildman–Crippen LogP) is 0.802. The highest BCUT2D eigenvalue weighted by Crippen LogP contribution is 2.17. The second-order valence-corrected chi connectivity index (χ2v) is 4.90. The molecule has 100 valence electrons. The summed E-state index contributed by atoms with van der Waals surface area (Å²) in [6.07, 6.45) is -0.536. The van der Waals surface area contributed by atoms with Crippen molar-refractivity contribution < 1.29 is 14.9 Å². The highest BCUT2D eigenvalue weighted by molar-refractivity contribution is 5.17. The Labute approximate surface area is 108 Å². The van der Waals surface area contributed by atoms with Crippen LogP contribution < -0.4 is 0 Å². The molecular formula is C14H21NO3. The van der Waals surface area contributed by atoms with Gasteiger partial charge in [-0.15, -0.1) is 0 Å². The van der Waals surface area contributed by atoms with E-state index in [-0.39, 0.29) is 18.8 Å². The molecule has 0 aromatic heterocycles. The van der Waals surface area contributed by atoms with Crippen molar-refractivity contribution in [2.24, 2.45) is 0 Å². The number of aliphatic hydroxyl groups excluding tert-OH is 2. The summed E-state index contributed by atoms with van der Waals surface area (Å²) in [5, 5.41) is 19.3. The lowest BCUT2D eigenvalue weighted by Crippen LogP contribution is -2.49. The van der Waals surface area contributed by atoms with Gasteiger partial charge in [-0.25, -0.2) is 0 Å². The van der Waals surface area contributed by atoms with Crippen LogP contribution in [-0.4, -0.2) is 53.6 Å². The number of ether oxygens (including phenoxy) is 1. The molecule has 0 saturated carbocycles. The largest absolute Gasteiger partial charge is 0.394 e. The van der Waals surface area contributed by atoms with E-state index in [1.165, 1.54) is 0 Å². The Morgan fingerprint density at radius 1 is 1.33 bits per heavy atom. The lowest BCUT2D eigenvalue weighted by Gasteiger charge is -2.37. The van der Waals surface area contributed by atoms with Crippen LogP contribution in [0.3, 0.4) is 0 Å². The van der Waals surface area contributed by atoms with Crippen LogP contribution in [0.25, 0.3) is 0 Å². The highest BCUT2D eigenvalue weighted by atomic mass is 16.5. The number of hydrogen-bond donors (Lipinski definition) is 2. The molecule has 2 N–H and O–H groups in total. The van der Waals surface area contributed by atoms with Gasteiger partial charge in [0.15, 0.2) is 0 Å². The van der Waals surface area contributed by atoms with E-state index >= 15 is 0 Å². The van der Waals surface area contributed by atoms with E-state index in [2.05, 4.69) is 4.90 Å². The molecule has 0 bridgehead atoms. The van der Waals surface area contributed by atoms with Crippen molar-refractivity contribution in [1.29, 1.82) is 0 Å². The van der Waals surface area contributed by atoms with Crippen LogP contribution >= 0.6 is 0 Å². The molecular weight excluding hydrogens is 230 g/mol. The van der Waals surface area contributed by atoms with Gasteiger partial charge in [0.25, 0.3) is 0 Å². The van der Waals surface area contributed by atoms with Crippen LogP contribution in [-0.2, 0) is 4.74 Å². The summed E-state index contributed by atoms with van der Waals surface area (Å²) >= 11 is 0. The molecule has 0 amide bonds. The summed E-state index contributed by atoms with van der Waals surface area (Å²) in [5.41, 5.74) is 0.928. The second-order valence-electron chi connectivity index (χ2n) is 4.90. The van der Waals surface area contributed by atoms with Gasteiger partial charge >= 0.3 is 0 Å². The molecule has 1 aromatic carbocycles. The number of nitrogens with zero attached hydrogens (tertiary/aromatic N) is 1. The summed E-state index contributed by atoms with van der Waals surface area (Å²) < 4.78 is 5.58. The fourth-order valence-corrected chi connectivity index (χ4v) is 2.42. The lowest BCUT2D eigenvalue weighted by molar-refractivity contribution is -0.102. The fraction of sp³-hybridized carbons (Fsp3) is 0.571. The van der Waals surface area contributed by atoms with E-state index in [4.69, 9.17) is 9.84 Å². The van der Waals surface area contributed by atoms with Crippen LogP contribution in [0, 0.1) is 0 Å². The van der Waals surface area contributed by atoms with Gasteiger partial charge in [0.05, 0.1) is 24.9 Å². The van der Waals surface area contributed by atoms with Crippen molar-refractivity contribution in [2.75, 3.05) is 26.2 Å². The molecule has 1 saturated heterocycles. The van der Waals surface area contributed by atoms with Crippen molar-refractivity contribution in [2.45, 2.75) is 25.2 Å². The molecule has 4 nitrogen and oxygen atoms in total. The molecule has 4 heteroatoms. The van der Waals surface area contributed by atoms with Crippen LogP contribution in [0.15, 0.2) is 30.3 Å². The van der Waals surface area contributed by atoms with Gasteiger partial charge in [-0.2, -0.15) is 0 Å². The molecule has 0 unspecified atom stereocenters. The minimum Gasteiger partial charge on any atom is -0.394 e. The van der Waals surface area contributed by atoms with E-state index in [1.54, 1.807) is 0 Å². The zero-order valence-electron chi connectivity index (χ0n) is 10.7. The summed E-state index contributed by atoms with van der Waals surface area (Å²) in [5.74, 6) is 0. The zero-order chi connectivity index (χ0) is 13.0. The van der Waals surface area contributed by atoms with Gasteiger partial charge in [-0.05, 0) is 12.5 Å². The van der Waals surface area contributed by atoms with Crippen molar-refractivity contribution in [3.8, 4) is 0 Å². The smallest absolute Gasteiger partial charge is 0.0936 e. The molecule has 3 atom stereocenters. The van der Waals surface area contributed by atoms with Gasteiger partial charge < -0.3 is 14.9 Å². The number of hydrogen-bond acceptors (Lipinski definition) is 4. The Hall–Kier alpha value is -0.940.